The molecule has 2 rings (SSSR count). The minimum Gasteiger partial charge on any atom is -0.481 e. The van der Waals surface area contributed by atoms with Crippen molar-refractivity contribution >= 4 is 34.1 Å². The van der Waals surface area contributed by atoms with Crippen LogP contribution < -0.4 is 11.1 Å². The zero-order valence-corrected chi connectivity index (χ0v) is 11.2. The molecule has 4 N–H and O–H groups in total. The summed E-state index contributed by atoms with van der Waals surface area (Å²) in [6.07, 6.45) is 1.95. The van der Waals surface area contributed by atoms with Crippen molar-refractivity contribution in [3.63, 3.8) is 0 Å². The molecule has 1 aliphatic rings. The van der Waals surface area contributed by atoms with Gasteiger partial charge in [0.25, 0.3) is 5.91 Å². The fraction of sp³-hybridized carbons (Fsp3) is 0.417. The van der Waals surface area contributed by atoms with Crippen molar-refractivity contribution < 1.29 is 19.5 Å². The van der Waals surface area contributed by atoms with Crippen molar-refractivity contribution in [2.75, 3.05) is 5.32 Å². The highest BCUT2D eigenvalue weighted by Crippen LogP contribution is 2.43. The molecule has 1 atom stereocenters. The van der Waals surface area contributed by atoms with Gasteiger partial charge < -0.3 is 16.2 Å². The molecular weight excluding hydrogens is 268 g/mol. The largest absolute Gasteiger partial charge is 0.481 e. The Morgan fingerprint density at radius 3 is 2.63 bits per heavy atom. The smallest absolute Gasteiger partial charge is 0.311 e. The molecule has 6 nitrogen and oxygen atoms in total. The number of carboxylic acid groups (broad SMARTS) is 1. The number of nitrogens with one attached hydrogen (secondary N) is 1. The number of thiophene rings is 1. The van der Waals surface area contributed by atoms with Gasteiger partial charge in [-0.25, -0.2) is 0 Å². The van der Waals surface area contributed by atoms with Gasteiger partial charge in [0.15, 0.2) is 0 Å². The Bertz CT molecular complexity index is 564. The van der Waals surface area contributed by atoms with Crippen LogP contribution in [0.25, 0.3) is 0 Å². The molecule has 1 heterocycles. The lowest BCUT2D eigenvalue weighted by Gasteiger charge is -2.19. The number of amides is 2. The number of anilines is 1. The first kappa shape index (κ1) is 13.5. The molecule has 0 radical (unpaired) electrons. The lowest BCUT2D eigenvalue weighted by atomic mass is 9.85. The number of nitrogens with two attached hydrogens (primary N) is 1. The van der Waals surface area contributed by atoms with E-state index >= 15 is 0 Å². The van der Waals surface area contributed by atoms with Crippen molar-refractivity contribution in [3.05, 3.63) is 16.0 Å². The third-order valence-electron chi connectivity index (χ3n) is 3.10. The minimum absolute atomic E-state index is 0.155. The molecule has 0 bridgehead atoms. The molecule has 7 heteroatoms. The Kier molecular flexibility index (Phi) is 3.57. The molecule has 0 saturated carbocycles. The molecule has 1 aromatic heterocycles. The summed E-state index contributed by atoms with van der Waals surface area (Å²) in [6.45, 7) is 1.33. The summed E-state index contributed by atoms with van der Waals surface area (Å²) in [4.78, 5) is 34.9. The average Bonchev–Trinajstić information content (AvgIpc) is 2.64. The quantitative estimate of drug-likeness (QED) is 0.776. The Balaban J connectivity index is 2.58. The second kappa shape index (κ2) is 5.00. The summed E-state index contributed by atoms with van der Waals surface area (Å²) in [7, 11) is 0. The number of carbonyl (C=O) groups is 3. The first-order chi connectivity index (χ1) is 8.91. The van der Waals surface area contributed by atoms with E-state index < -0.39 is 17.8 Å². The first-order valence-corrected chi connectivity index (χ1v) is 6.69. The maximum absolute atomic E-state index is 11.6. The highest BCUT2D eigenvalue weighted by atomic mass is 32.1. The molecule has 102 valence electrons. The van der Waals surface area contributed by atoms with E-state index in [1.165, 1.54) is 18.3 Å². The Morgan fingerprint density at radius 2 is 2.11 bits per heavy atom. The van der Waals surface area contributed by atoms with Crippen LogP contribution in [0.1, 0.15) is 46.5 Å². The van der Waals surface area contributed by atoms with E-state index in [4.69, 9.17) is 5.73 Å². The monoisotopic (exact) mass is 282 g/mol. The number of hydrogen-bond donors (Lipinski definition) is 3. The maximum Gasteiger partial charge on any atom is 0.311 e. The van der Waals surface area contributed by atoms with Crippen molar-refractivity contribution in [1.29, 1.82) is 0 Å². The lowest BCUT2D eigenvalue weighted by molar-refractivity contribution is -0.139. The third-order valence-corrected chi connectivity index (χ3v) is 4.28. The molecule has 0 aliphatic heterocycles. The maximum atomic E-state index is 11.6. The predicted molar refractivity (Wildman–Crippen MR) is 70.5 cm³/mol. The summed E-state index contributed by atoms with van der Waals surface area (Å²) in [5.74, 6) is -2.69. The predicted octanol–water partition coefficient (Wildman–Crippen LogP) is 1.31. The second-order valence-corrected chi connectivity index (χ2v) is 5.58. The number of fused-ring (bicyclic) bond motifs is 1. The number of carbonyl (C=O) groups excluding carboxylic acids is 2. The standard InChI is InChI=1S/C12H14N2O4S/c1-5(15)14-11-9(10(13)16)8-6(12(17)18)3-2-4-7(8)19-11/h6H,2-4H2,1H3,(H2,13,16)(H,14,15)(H,17,18). The van der Waals surface area contributed by atoms with Crippen LogP contribution in [0.5, 0.6) is 0 Å². The number of rotatable bonds is 3. The molecular formula is C12H14N2O4S. The van der Waals surface area contributed by atoms with Crippen molar-refractivity contribution in [3.8, 4) is 0 Å². The fourth-order valence-electron chi connectivity index (χ4n) is 2.40. The van der Waals surface area contributed by atoms with Crippen LogP contribution in [0.4, 0.5) is 5.00 Å². The van der Waals surface area contributed by atoms with E-state index in [0.717, 1.165) is 11.3 Å². The van der Waals surface area contributed by atoms with Gasteiger partial charge in [0.2, 0.25) is 5.91 Å². The normalized spacial score (nSPS) is 17.6. The van der Waals surface area contributed by atoms with Gasteiger partial charge in [0.1, 0.15) is 5.00 Å². The molecule has 0 saturated heterocycles. The van der Waals surface area contributed by atoms with Crippen molar-refractivity contribution in [1.82, 2.24) is 0 Å². The molecule has 0 fully saturated rings. The van der Waals surface area contributed by atoms with E-state index in [0.29, 0.717) is 23.4 Å². The van der Waals surface area contributed by atoms with Gasteiger partial charge in [-0.1, -0.05) is 0 Å². The lowest BCUT2D eigenvalue weighted by Crippen LogP contribution is -2.22. The molecule has 1 aliphatic carbocycles. The van der Waals surface area contributed by atoms with E-state index in [9.17, 15) is 19.5 Å². The van der Waals surface area contributed by atoms with Gasteiger partial charge in [-0.3, -0.25) is 14.4 Å². The summed E-state index contributed by atoms with van der Waals surface area (Å²) in [6, 6.07) is 0. The van der Waals surface area contributed by atoms with Gasteiger partial charge in [-0.05, 0) is 24.8 Å². The number of carboxylic acids is 1. The number of hydrogen-bond acceptors (Lipinski definition) is 4. The fourth-order valence-corrected chi connectivity index (χ4v) is 3.75. The van der Waals surface area contributed by atoms with Gasteiger partial charge in [0.05, 0.1) is 11.5 Å². The van der Waals surface area contributed by atoms with Gasteiger partial charge in [0, 0.05) is 11.8 Å². The topological polar surface area (TPSA) is 109 Å². The molecule has 2 amide bonds. The van der Waals surface area contributed by atoms with Crippen LogP contribution in [0.3, 0.4) is 0 Å². The summed E-state index contributed by atoms with van der Waals surface area (Å²) in [5.41, 5.74) is 5.99. The molecule has 1 unspecified atom stereocenters. The van der Waals surface area contributed by atoms with Gasteiger partial charge in [-0.2, -0.15) is 0 Å². The Hall–Kier alpha value is -1.89. The van der Waals surface area contributed by atoms with Crippen LogP contribution in [0.15, 0.2) is 0 Å². The number of primary amides is 1. The Labute approximate surface area is 113 Å². The van der Waals surface area contributed by atoms with Crippen LogP contribution >= 0.6 is 11.3 Å². The third kappa shape index (κ3) is 2.46. The molecule has 19 heavy (non-hydrogen) atoms. The minimum atomic E-state index is -0.962. The zero-order valence-electron chi connectivity index (χ0n) is 10.4. The number of aliphatic carboxylic acids is 1. The van der Waals surface area contributed by atoms with Crippen molar-refractivity contribution in [2.24, 2.45) is 5.73 Å². The second-order valence-electron chi connectivity index (χ2n) is 4.47. The average molecular weight is 282 g/mol. The summed E-state index contributed by atoms with van der Waals surface area (Å²) < 4.78 is 0. The zero-order chi connectivity index (χ0) is 14.2. The SMILES string of the molecule is CC(=O)Nc1sc2c(c1C(N)=O)C(C(=O)O)CCC2. The van der Waals surface area contributed by atoms with E-state index in [2.05, 4.69) is 5.32 Å². The highest BCUT2D eigenvalue weighted by Gasteiger charge is 2.34. The Morgan fingerprint density at radius 1 is 1.42 bits per heavy atom. The summed E-state index contributed by atoms with van der Waals surface area (Å²) >= 11 is 1.24. The van der Waals surface area contributed by atoms with Crippen LogP contribution in [0.2, 0.25) is 0 Å². The van der Waals surface area contributed by atoms with Crippen LogP contribution in [-0.2, 0) is 16.0 Å². The first-order valence-electron chi connectivity index (χ1n) is 5.87. The van der Waals surface area contributed by atoms with E-state index in [1.807, 2.05) is 0 Å². The molecule has 1 aromatic rings. The molecule has 0 spiro atoms. The number of aryl methyl sites for hydroxylation is 1. The van der Waals surface area contributed by atoms with Crippen LogP contribution in [-0.4, -0.2) is 22.9 Å². The summed E-state index contributed by atoms with van der Waals surface area (Å²) in [5, 5.41) is 12.2. The van der Waals surface area contributed by atoms with Gasteiger partial charge in [-0.15, -0.1) is 11.3 Å². The van der Waals surface area contributed by atoms with Crippen LogP contribution in [0, 0.1) is 0 Å². The molecule has 0 aromatic carbocycles. The highest BCUT2D eigenvalue weighted by molar-refractivity contribution is 7.17. The van der Waals surface area contributed by atoms with E-state index in [-0.39, 0.29) is 11.5 Å². The van der Waals surface area contributed by atoms with Crippen molar-refractivity contribution in [2.45, 2.75) is 32.1 Å². The van der Waals surface area contributed by atoms with Gasteiger partial charge >= 0.3 is 5.97 Å². The van der Waals surface area contributed by atoms with E-state index in [1.54, 1.807) is 0 Å².